The number of nitrogens with zero attached hydrogens (tertiary/aromatic N) is 1. The molecule has 0 aromatic rings. The number of ether oxygens (including phenoxy) is 1. The highest BCUT2D eigenvalue weighted by molar-refractivity contribution is 5.94. The van der Waals surface area contributed by atoms with E-state index in [-0.39, 0.29) is 12.3 Å². The molecule has 1 rings (SSSR count). The smallest absolute Gasteiger partial charge is 0.315 e. The number of carbonyl (C=O) groups excluding carboxylic acids is 2. The summed E-state index contributed by atoms with van der Waals surface area (Å²) < 4.78 is 4.73. The monoisotopic (exact) mass is 214 g/mol. The molecule has 1 N–H and O–H groups in total. The molecule has 0 bridgehead atoms. The van der Waals surface area contributed by atoms with Crippen molar-refractivity contribution in [2.45, 2.75) is 19.8 Å². The maximum absolute atomic E-state index is 11.6. The summed E-state index contributed by atoms with van der Waals surface area (Å²) in [4.78, 5) is 24.4. The van der Waals surface area contributed by atoms with E-state index in [0.29, 0.717) is 13.2 Å². The fourth-order valence-electron chi connectivity index (χ4n) is 1.54. The summed E-state index contributed by atoms with van der Waals surface area (Å²) in [6, 6.07) is 0. The summed E-state index contributed by atoms with van der Waals surface area (Å²) in [6.45, 7) is 5.20. The summed E-state index contributed by atoms with van der Waals surface area (Å²) in [5, 5.41) is 3.20. The van der Waals surface area contributed by atoms with Crippen LogP contribution < -0.4 is 5.32 Å². The lowest BCUT2D eigenvalue weighted by molar-refractivity contribution is -0.148. The van der Waals surface area contributed by atoms with Crippen molar-refractivity contribution in [2.24, 2.45) is 0 Å². The first kappa shape index (κ1) is 12.0. The molecule has 1 fully saturated rings. The molecule has 1 amide bonds. The fourth-order valence-corrected chi connectivity index (χ4v) is 1.54. The predicted octanol–water partition coefficient (Wildman–Crippen LogP) is -0.238. The highest BCUT2D eigenvalue weighted by Gasteiger charge is 2.18. The van der Waals surface area contributed by atoms with Gasteiger partial charge in [-0.05, 0) is 19.9 Å². The maximum Gasteiger partial charge on any atom is 0.315 e. The van der Waals surface area contributed by atoms with Gasteiger partial charge < -0.3 is 15.0 Å². The molecule has 0 radical (unpaired) electrons. The molecule has 0 spiro atoms. The van der Waals surface area contributed by atoms with E-state index in [0.717, 1.165) is 26.1 Å². The number of amides is 1. The van der Waals surface area contributed by atoms with E-state index in [1.165, 1.54) is 0 Å². The minimum Gasteiger partial charge on any atom is -0.466 e. The van der Waals surface area contributed by atoms with E-state index in [9.17, 15) is 9.59 Å². The van der Waals surface area contributed by atoms with Crippen LogP contribution in [0.5, 0.6) is 0 Å². The van der Waals surface area contributed by atoms with Gasteiger partial charge in [-0.15, -0.1) is 0 Å². The normalized spacial score (nSPS) is 17.0. The number of rotatable bonds is 3. The lowest BCUT2D eigenvalue weighted by atomic mass is 10.3. The standard InChI is InChI=1S/C10H18N2O3/c1-2-15-10(14)8-9(13)12-6-3-4-11-5-7-12/h11H,2-8H2,1H3. The minimum absolute atomic E-state index is 0.128. The number of esters is 1. The number of hydrogen-bond donors (Lipinski definition) is 1. The summed E-state index contributed by atoms with van der Waals surface area (Å²) >= 11 is 0. The van der Waals surface area contributed by atoms with Gasteiger partial charge in [0.25, 0.3) is 0 Å². The van der Waals surface area contributed by atoms with Gasteiger partial charge in [0.2, 0.25) is 5.91 Å². The Bertz CT molecular complexity index is 223. The summed E-state index contributed by atoms with van der Waals surface area (Å²) in [5.74, 6) is -0.558. The summed E-state index contributed by atoms with van der Waals surface area (Å²) in [6.07, 6.45) is 0.808. The van der Waals surface area contributed by atoms with Crippen LogP contribution in [0, 0.1) is 0 Å². The molecule has 0 saturated carbocycles. The van der Waals surface area contributed by atoms with Crippen LogP contribution in [-0.4, -0.2) is 49.6 Å². The van der Waals surface area contributed by atoms with Crippen molar-refractivity contribution in [3.8, 4) is 0 Å². The van der Waals surface area contributed by atoms with E-state index in [2.05, 4.69) is 5.32 Å². The maximum atomic E-state index is 11.6. The Morgan fingerprint density at radius 2 is 2.13 bits per heavy atom. The molecule has 0 aromatic carbocycles. The SMILES string of the molecule is CCOC(=O)CC(=O)N1CCCNCC1. The van der Waals surface area contributed by atoms with Crippen LogP contribution in [0.2, 0.25) is 0 Å². The fraction of sp³-hybridized carbons (Fsp3) is 0.800. The predicted molar refractivity (Wildman–Crippen MR) is 55.3 cm³/mol. The van der Waals surface area contributed by atoms with Crippen molar-refractivity contribution in [2.75, 3.05) is 32.8 Å². The molecule has 0 unspecified atom stereocenters. The number of nitrogens with one attached hydrogen (secondary N) is 1. The Morgan fingerprint density at radius 1 is 1.33 bits per heavy atom. The van der Waals surface area contributed by atoms with Gasteiger partial charge in [0.05, 0.1) is 6.61 Å². The molecule has 5 nitrogen and oxygen atoms in total. The molecule has 1 saturated heterocycles. The Balaban J connectivity index is 2.34. The third kappa shape index (κ3) is 4.29. The molecule has 0 atom stereocenters. The molecule has 1 heterocycles. The Kier molecular flexibility index (Phi) is 5.10. The molecule has 5 heteroatoms. The highest BCUT2D eigenvalue weighted by atomic mass is 16.5. The Morgan fingerprint density at radius 3 is 2.87 bits per heavy atom. The van der Waals surface area contributed by atoms with Crippen LogP contribution >= 0.6 is 0 Å². The van der Waals surface area contributed by atoms with Crippen LogP contribution in [0.1, 0.15) is 19.8 Å². The van der Waals surface area contributed by atoms with Crippen molar-refractivity contribution < 1.29 is 14.3 Å². The first-order valence-electron chi connectivity index (χ1n) is 5.38. The van der Waals surface area contributed by atoms with Gasteiger partial charge in [0, 0.05) is 19.6 Å². The van der Waals surface area contributed by atoms with Gasteiger partial charge in [-0.3, -0.25) is 9.59 Å². The molecular weight excluding hydrogens is 196 g/mol. The van der Waals surface area contributed by atoms with Gasteiger partial charge >= 0.3 is 5.97 Å². The molecule has 15 heavy (non-hydrogen) atoms. The molecular formula is C10H18N2O3. The Labute approximate surface area is 89.8 Å². The van der Waals surface area contributed by atoms with Crippen molar-refractivity contribution in [3.63, 3.8) is 0 Å². The van der Waals surface area contributed by atoms with Crippen molar-refractivity contribution >= 4 is 11.9 Å². The zero-order valence-corrected chi connectivity index (χ0v) is 9.12. The zero-order valence-electron chi connectivity index (χ0n) is 9.12. The van der Waals surface area contributed by atoms with Gasteiger partial charge in [-0.2, -0.15) is 0 Å². The van der Waals surface area contributed by atoms with E-state index in [4.69, 9.17) is 4.74 Å². The van der Waals surface area contributed by atoms with Gasteiger partial charge in [0.15, 0.2) is 0 Å². The first-order chi connectivity index (χ1) is 7.24. The van der Waals surface area contributed by atoms with Crippen molar-refractivity contribution in [1.29, 1.82) is 0 Å². The van der Waals surface area contributed by atoms with Crippen molar-refractivity contribution in [1.82, 2.24) is 10.2 Å². The quantitative estimate of drug-likeness (QED) is 0.520. The number of hydrogen-bond acceptors (Lipinski definition) is 4. The van der Waals surface area contributed by atoms with E-state index < -0.39 is 5.97 Å². The van der Waals surface area contributed by atoms with E-state index in [1.54, 1.807) is 11.8 Å². The third-order valence-electron chi connectivity index (χ3n) is 2.29. The number of carbonyl (C=O) groups is 2. The topological polar surface area (TPSA) is 58.6 Å². The van der Waals surface area contributed by atoms with Crippen LogP contribution in [0.3, 0.4) is 0 Å². The van der Waals surface area contributed by atoms with Gasteiger partial charge in [-0.25, -0.2) is 0 Å². The largest absolute Gasteiger partial charge is 0.466 e. The van der Waals surface area contributed by atoms with Crippen LogP contribution in [-0.2, 0) is 14.3 Å². The summed E-state index contributed by atoms with van der Waals surface area (Å²) in [5.41, 5.74) is 0. The highest BCUT2D eigenvalue weighted by Crippen LogP contribution is 2.00. The third-order valence-corrected chi connectivity index (χ3v) is 2.29. The molecule has 86 valence electrons. The first-order valence-corrected chi connectivity index (χ1v) is 5.38. The van der Waals surface area contributed by atoms with E-state index in [1.807, 2.05) is 0 Å². The van der Waals surface area contributed by atoms with Gasteiger partial charge in [-0.1, -0.05) is 0 Å². The average molecular weight is 214 g/mol. The second kappa shape index (κ2) is 6.40. The summed E-state index contributed by atoms with van der Waals surface area (Å²) in [7, 11) is 0. The molecule has 1 aliphatic heterocycles. The van der Waals surface area contributed by atoms with E-state index >= 15 is 0 Å². The Hall–Kier alpha value is -1.10. The molecule has 0 aliphatic carbocycles. The van der Waals surface area contributed by atoms with Crippen molar-refractivity contribution in [3.05, 3.63) is 0 Å². The average Bonchev–Trinajstić information content (AvgIpc) is 2.45. The zero-order chi connectivity index (χ0) is 11.1. The van der Waals surface area contributed by atoms with Crippen LogP contribution in [0.15, 0.2) is 0 Å². The lowest BCUT2D eigenvalue weighted by Crippen LogP contribution is -2.35. The minimum atomic E-state index is -0.431. The van der Waals surface area contributed by atoms with Crippen LogP contribution in [0.4, 0.5) is 0 Å². The second-order valence-electron chi connectivity index (χ2n) is 3.47. The lowest BCUT2D eigenvalue weighted by Gasteiger charge is -2.19. The van der Waals surface area contributed by atoms with Crippen LogP contribution in [0.25, 0.3) is 0 Å². The molecule has 1 aliphatic rings. The molecule has 0 aromatic heterocycles. The van der Waals surface area contributed by atoms with Gasteiger partial charge in [0.1, 0.15) is 6.42 Å². The second-order valence-corrected chi connectivity index (χ2v) is 3.47.